The first-order valence-corrected chi connectivity index (χ1v) is 4.36. The van der Waals surface area contributed by atoms with E-state index in [0.717, 1.165) is 0 Å². The standard InChI is InChI=1S/C11H16O4/c1-5-7-11(8-6-2,9(12)14-3)10(13)15-4/h5-6H,1-2,7-8H2,3-4H3/i1+1,6D,7+1. The largest absolute Gasteiger partial charge is 0.468 e. The average Bonchev–Trinajstić information content (AvgIpc) is 2.25. The number of allylic oxidation sites excluding steroid dienone is 2. The van der Waals surface area contributed by atoms with E-state index in [4.69, 9.17) is 1.37 Å². The third-order valence-electron chi connectivity index (χ3n) is 2.07. The van der Waals surface area contributed by atoms with Crippen LogP contribution in [-0.2, 0) is 19.1 Å². The molecule has 0 atom stereocenters. The monoisotopic (exact) mass is 215 g/mol. The van der Waals surface area contributed by atoms with Crippen LogP contribution in [0.3, 0.4) is 0 Å². The first kappa shape index (κ1) is 11.5. The fourth-order valence-corrected chi connectivity index (χ4v) is 1.32. The van der Waals surface area contributed by atoms with E-state index in [1.54, 1.807) is 0 Å². The molecule has 0 unspecified atom stereocenters. The predicted molar refractivity (Wildman–Crippen MR) is 56.1 cm³/mol. The second kappa shape index (κ2) is 6.01. The normalized spacial score (nSPS) is 11.2. The molecule has 4 nitrogen and oxygen atoms in total. The van der Waals surface area contributed by atoms with Gasteiger partial charge in [0.1, 0.15) is 0 Å². The predicted octanol–water partition coefficient (Wildman–Crippen LogP) is 1.47. The Balaban J connectivity index is 5.36. The Labute approximate surface area is 91.0 Å². The van der Waals surface area contributed by atoms with Gasteiger partial charge in [0, 0.05) is 0 Å². The first-order chi connectivity index (χ1) is 7.44. The molecular weight excluding hydrogens is 198 g/mol. The van der Waals surface area contributed by atoms with Crippen LogP contribution in [0.25, 0.3) is 0 Å². The summed E-state index contributed by atoms with van der Waals surface area (Å²) in [5, 5.41) is 0. The lowest BCUT2D eigenvalue weighted by molar-refractivity contribution is -0.168. The molecule has 0 aliphatic rings. The van der Waals surface area contributed by atoms with E-state index < -0.39 is 17.4 Å². The Hall–Kier alpha value is -1.58. The van der Waals surface area contributed by atoms with Crippen LogP contribution in [-0.4, -0.2) is 26.2 Å². The van der Waals surface area contributed by atoms with Gasteiger partial charge in [0.05, 0.1) is 15.6 Å². The van der Waals surface area contributed by atoms with Gasteiger partial charge in [0.2, 0.25) is 0 Å². The van der Waals surface area contributed by atoms with Crippen LogP contribution in [0.15, 0.2) is 25.3 Å². The smallest absolute Gasteiger partial charge is 0.323 e. The molecule has 0 saturated carbocycles. The Bertz CT molecular complexity index is 293. The van der Waals surface area contributed by atoms with Gasteiger partial charge in [0.15, 0.2) is 5.41 Å². The highest BCUT2D eigenvalue weighted by Gasteiger charge is 2.46. The molecule has 0 aromatic carbocycles. The Morgan fingerprint density at radius 3 is 2.00 bits per heavy atom. The van der Waals surface area contributed by atoms with Gasteiger partial charge < -0.3 is 9.47 Å². The van der Waals surface area contributed by atoms with Crippen molar-refractivity contribution in [3.05, 3.63) is 25.3 Å². The number of methoxy groups -OCH3 is 2. The SMILES string of the molecule is [2H]C(=C)CC([13CH2]C=[13CH2])(C(=O)OC)C(=O)OC. The fourth-order valence-electron chi connectivity index (χ4n) is 1.32. The number of ether oxygens (including phenoxy) is 2. The van der Waals surface area contributed by atoms with E-state index in [0.29, 0.717) is 0 Å². The molecule has 0 radical (unpaired) electrons. The van der Waals surface area contributed by atoms with Gasteiger partial charge >= 0.3 is 11.9 Å². The molecule has 0 N–H and O–H groups in total. The highest BCUT2D eigenvalue weighted by Crippen LogP contribution is 2.31. The lowest BCUT2D eigenvalue weighted by atomic mass is 9.91. The molecule has 0 rings (SSSR count). The molecule has 0 aromatic rings. The molecule has 0 heterocycles. The van der Waals surface area contributed by atoms with Crippen LogP contribution < -0.4 is 0 Å². The number of rotatable bonds is 6. The quantitative estimate of drug-likeness (QED) is 0.291. The number of hydrogen-bond donors (Lipinski definition) is 0. The molecule has 0 spiro atoms. The van der Waals surface area contributed by atoms with E-state index in [1.807, 2.05) is 0 Å². The summed E-state index contributed by atoms with van der Waals surface area (Å²) in [6, 6.07) is -0.0438. The molecular formula is C11H16O4. The maximum absolute atomic E-state index is 11.7. The second-order valence-electron chi connectivity index (χ2n) is 2.98. The van der Waals surface area contributed by atoms with Crippen molar-refractivity contribution in [2.75, 3.05) is 14.2 Å². The van der Waals surface area contributed by atoms with Crippen LogP contribution in [0.1, 0.15) is 14.2 Å². The van der Waals surface area contributed by atoms with E-state index in [-0.39, 0.29) is 18.9 Å². The maximum atomic E-state index is 11.7. The molecule has 15 heavy (non-hydrogen) atoms. The second-order valence-corrected chi connectivity index (χ2v) is 2.98. The maximum Gasteiger partial charge on any atom is 0.323 e. The number of carbonyl (C=O) groups is 2. The molecule has 0 aliphatic heterocycles. The summed E-state index contributed by atoms with van der Waals surface area (Å²) >= 11 is 0. The minimum absolute atomic E-state index is 0.0438. The Kier molecular flexibility index (Phi) is 4.60. The van der Waals surface area contributed by atoms with Gasteiger partial charge in [-0.3, -0.25) is 9.59 Å². The highest BCUT2D eigenvalue weighted by molar-refractivity contribution is 6.00. The molecule has 0 bridgehead atoms. The summed E-state index contributed by atoms with van der Waals surface area (Å²) < 4.78 is 16.5. The van der Waals surface area contributed by atoms with Crippen molar-refractivity contribution < 1.29 is 20.4 Å². The third-order valence-corrected chi connectivity index (χ3v) is 2.07. The zero-order chi connectivity index (χ0) is 12.8. The number of hydrogen-bond acceptors (Lipinski definition) is 4. The third kappa shape index (κ3) is 2.68. The summed E-state index contributed by atoms with van der Waals surface area (Å²) in [5.74, 6) is -1.49. The number of esters is 2. The lowest BCUT2D eigenvalue weighted by Crippen LogP contribution is -2.40. The van der Waals surface area contributed by atoms with Crippen LogP contribution >= 0.6 is 0 Å². The van der Waals surface area contributed by atoms with Crippen LogP contribution in [0.5, 0.6) is 0 Å². The van der Waals surface area contributed by atoms with Crippen LogP contribution in [0.2, 0.25) is 0 Å². The minimum atomic E-state index is -1.54. The Morgan fingerprint density at radius 2 is 1.73 bits per heavy atom. The van der Waals surface area contributed by atoms with Crippen molar-refractivity contribution >= 4 is 11.9 Å². The van der Waals surface area contributed by atoms with Gasteiger partial charge in [-0.25, -0.2) is 0 Å². The van der Waals surface area contributed by atoms with Gasteiger partial charge in [-0.2, -0.15) is 0 Å². The van der Waals surface area contributed by atoms with E-state index in [9.17, 15) is 9.59 Å². The van der Waals surface area contributed by atoms with Gasteiger partial charge in [-0.15, -0.1) is 13.2 Å². The fraction of sp³-hybridized carbons (Fsp3) is 0.455. The first-order valence-electron chi connectivity index (χ1n) is 4.86. The molecule has 0 amide bonds. The minimum Gasteiger partial charge on any atom is -0.468 e. The summed E-state index contributed by atoms with van der Waals surface area (Å²) in [7, 11) is 2.35. The van der Waals surface area contributed by atoms with E-state index in [2.05, 4.69) is 22.6 Å². The number of carbonyl (C=O) groups excluding carboxylic acids is 2. The van der Waals surface area contributed by atoms with Crippen molar-refractivity contribution in [3.63, 3.8) is 0 Å². The summed E-state index contributed by atoms with van der Waals surface area (Å²) in [4.78, 5) is 23.3. The van der Waals surface area contributed by atoms with E-state index >= 15 is 0 Å². The molecule has 0 aromatic heterocycles. The van der Waals surface area contributed by atoms with Crippen molar-refractivity contribution in [2.24, 2.45) is 5.41 Å². The highest BCUT2D eigenvalue weighted by atomic mass is 16.5. The zero-order valence-electron chi connectivity index (χ0n) is 10.0. The lowest BCUT2D eigenvalue weighted by Gasteiger charge is -2.25. The van der Waals surface area contributed by atoms with Crippen molar-refractivity contribution in [3.8, 4) is 0 Å². The molecule has 4 heteroatoms. The summed E-state index contributed by atoms with van der Waals surface area (Å²) in [6.07, 6.45) is 1.32. The van der Waals surface area contributed by atoms with Crippen molar-refractivity contribution in [2.45, 2.75) is 12.8 Å². The van der Waals surface area contributed by atoms with Crippen LogP contribution in [0.4, 0.5) is 0 Å². The van der Waals surface area contributed by atoms with Gasteiger partial charge in [-0.1, -0.05) is 12.1 Å². The molecule has 0 aliphatic carbocycles. The Morgan fingerprint density at radius 1 is 1.27 bits per heavy atom. The molecule has 0 fully saturated rings. The van der Waals surface area contributed by atoms with Gasteiger partial charge in [-0.05, 0) is 12.8 Å². The van der Waals surface area contributed by atoms with Crippen molar-refractivity contribution in [1.82, 2.24) is 0 Å². The topological polar surface area (TPSA) is 52.6 Å². The average molecular weight is 215 g/mol. The van der Waals surface area contributed by atoms with Gasteiger partial charge in [0.25, 0.3) is 0 Å². The van der Waals surface area contributed by atoms with Crippen LogP contribution in [0, 0.1) is 5.41 Å². The van der Waals surface area contributed by atoms with Crippen molar-refractivity contribution in [1.29, 1.82) is 0 Å². The molecule has 84 valence electrons. The van der Waals surface area contributed by atoms with E-state index in [1.165, 1.54) is 20.3 Å². The summed E-state index contributed by atoms with van der Waals surface area (Å²) in [6.45, 7) is 6.85. The summed E-state index contributed by atoms with van der Waals surface area (Å²) in [5.41, 5.74) is -1.54. The zero-order valence-corrected chi connectivity index (χ0v) is 9.04. The molecule has 0 saturated heterocycles.